The number of sulfone groups is 1. The van der Waals surface area contributed by atoms with E-state index in [1.165, 1.54) is 5.56 Å². The van der Waals surface area contributed by atoms with Crippen LogP contribution in [-0.4, -0.2) is 55.4 Å². The van der Waals surface area contributed by atoms with Gasteiger partial charge in [-0.3, -0.25) is 4.90 Å². The molecule has 0 atom stereocenters. The second-order valence-corrected chi connectivity index (χ2v) is 10.0. The molecule has 0 saturated carbocycles. The molecule has 1 saturated heterocycles. The quantitative estimate of drug-likeness (QED) is 0.733. The standard InChI is InChI=1S/C18H21BrN4O2S/c19-16-3-1-14(2-4-16)12-22-6-8-23(9-7-22)18-11-15-13-26(24,25)10-5-17(15)20-21-18/h1-4,11H,5-10,12-13H2. The van der Waals surface area contributed by atoms with E-state index < -0.39 is 9.84 Å². The van der Waals surface area contributed by atoms with Gasteiger partial charge in [-0.25, -0.2) is 8.42 Å². The number of hydrogen-bond donors (Lipinski definition) is 0. The highest BCUT2D eigenvalue weighted by Gasteiger charge is 2.25. The molecule has 2 aliphatic heterocycles. The van der Waals surface area contributed by atoms with Crippen molar-refractivity contribution in [2.45, 2.75) is 18.7 Å². The topological polar surface area (TPSA) is 66.4 Å². The summed E-state index contributed by atoms with van der Waals surface area (Å²) in [5.41, 5.74) is 2.96. The molecule has 6 nitrogen and oxygen atoms in total. The number of rotatable bonds is 3. The zero-order valence-electron chi connectivity index (χ0n) is 14.4. The Morgan fingerprint density at radius 2 is 1.77 bits per heavy atom. The maximum Gasteiger partial charge on any atom is 0.154 e. The molecule has 0 radical (unpaired) electrons. The van der Waals surface area contributed by atoms with Crippen LogP contribution in [0.15, 0.2) is 34.8 Å². The van der Waals surface area contributed by atoms with Crippen molar-refractivity contribution in [2.75, 3.05) is 36.8 Å². The Morgan fingerprint density at radius 3 is 2.50 bits per heavy atom. The van der Waals surface area contributed by atoms with Crippen LogP contribution in [0.25, 0.3) is 0 Å². The molecular formula is C18H21BrN4O2S. The normalized spacial score (nSPS) is 20.0. The minimum Gasteiger partial charge on any atom is -0.353 e. The Morgan fingerprint density at radius 1 is 1.04 bits per heavy atom. The highest BCUT2D eigenvalue weighted by molar-refractivity contribution is 9.10. The second kappa shape index (κ2) is 7.25. The van der Waals surface area contributed by atoms with E-state index in [1.807, 2.05) is 6.07 Å². The van der Waals surface area contributed by atoms with Crippen molar-refractivity contribution in [2.24, 2.45) is 0 Å². The zero-order chi connectivity index (χ0) is 18.1. The summed E-state index contributed by atoms with van der Waals surface area (Å²) < 4.78 is 24.8. The average molecular weight is 437 g/mol. The molecule has 1 fully saturated rings. The highest BCUT2D eigenvalue weighted by Crippen LogP contribution is 2.23. The van der Waals surface area contributed by atoms with Gasteiger partial charge in [-0.05, 0) is 29.3 Å². The molecule has 4 rings (SSSR count). The minimum absolute atomic E-state index is 0.0917. The largest absolute Gasteiger partial charge is 0.353 e. The third-order valence-corrected chi connectivity index (χ3v) is 7.09. The van der Waals surface area contributed by atoms with Crippen LogP contribution in [0.1, 0.15) is 16.8 Å². The van der Waals surface area contributed by atoms with Crippen LogP contribution in [0.5, 0.6) is 0 Å². The van der Waals surface area contributed by atoms with E-state index in [1.54, 1.807) is 0 Å². The van der Waals surface area contributed by atoms with Crippen molar-refractivity contribution < 1.29 is 8.42 Å². The highest BCUT2D eigenvalue weighted by atomic mass is 79.9. The number of anilines is 1. The maximum atomic E-state index is 11.9. The number of nitrogens with zero attached hydrogens (tertiary/aromatic N) is 4. The summed E-state index contributed by atoms with van der Waals surface area (Å²) in [6, 6.07) is 10.4. The monoisotopic (exact) mass is 436 g/mol. The summed E-state index contributed by atoms with van der Waals surface area (Å²) in [4.78, 5) is 4.63. The number of benzene rings is 1. The van der Waals surface area contributed by atoms with Crippen molar-refractivity contribution in [3.8, 4) is 0 Å². The Kier molecular flexibility index (Phi) is 4.98. The van der Waals surface area contributed by atoms with Crippen LogP contribution < -0.4 is 4.90 Å². The van der Waals surface area contributed by atoms with Gasteiger partial charge in [0.1, 0.15) is 0 Å². The van der Waals surface area contributed by atoms with Gasteiger partial charge in [0.2, 0.25) is 0 Å². The van der Waals surface area contributed by atoms with Gasteiger partial charge in [-0.15, -0.1) is 5.10 Å². The van der Waals surface area contributed by atoms with E-state index in [-0.39, 0.29) is 11.5 Å². The molecule has 0 amide bonds. The first-order valence-electron chi connectivity index (χ1n) is 8.76. The first-order chi connectivity index (χ1) is 12.5. The van der Waals surface area contributed by atoms with Crippen LogP contribution in [0.3, 0.4) is 0 Å². The van der Waals surface area contributed by atoms with Gasteiger partial charge in [0.25, 0.3) is 0 Å². The van der Waals surface area contributed by atoms with Crippen molar-refractivity contribution in [3.05, 3.63) is 51.6 Å². The van der Waals surface area contributed by atoms with Crippen LogP contribution in [-0.2, 0) is 28.6 Å². The van der Waals surface area contributed by atoms with Crippen molar-refractivity contribution >= 4 is 31.6 Å². The van der Waals surface area contributed by atoms with Gasteiger partial charge in [-0.2, -0.15) is 5.10 Å². The molecule has 1 aromatic carbocycles. The molecule has 3 heterocycles. The lowest BCUT2D eigenvalue weighted by Crippen LogP contribution is -2.46. The Balaban J connectivity index is 1.40. The van der Waals surface area contributed by atoms with Crippen LogP contribution in [0.2, 0.25) is 0 Å². The first kappa shape index (κ1) is 17.9. The van der Waals surface area contributed by atoms with Gasteiger partial charge in [-0.1, -0.05) is 28.1 Å². The summed E-state index contributed by atoms with van der Waals surface area (Å²) in [6.45, 7) is 4.59. The predicted octanol–water partition coefficient (Wildman–Crippen LogP) is 2.03. The van der Waals surface area contributed by atoms with E-state index in [4.69, 9.17) is 0 Å². The van der Waals surface area contributed by atoms with E-state index in [2.05, 4.69) is 60.2 Å². The second-order valence-electron chi connectivity index (χ2n) is 6.91. The maximum absolute atomic E-state index is 11.9. The number of hydrogen-bond acceptors (Lipinski definition) is 6. The summed E-state index contributed by atoms with van der Waals surface area (Å²) in [7, 11) is -2.99. The van der Waals surface area contributed by atoms with Crippen molar-refractivity contribution in [1.82, 2.24) is 15.1 Å². The molecule has 2 aliphatic rings. The number of piperazine rings is 1. The van der Waals surface area contributed by atoms with Crippen LogP contribution in [0.4, 0.5) is 5.82 Å². The molecule has 1 aromatic heterocycles. The van der Waals surface area contributed by atoms with Gasteiger partial charge in [0.05, 0.1) is 17.2 Å². The van der Waals surface area contributed by atoms with Crippen molar-refractivity contribution in [1.29, 1.82) is 0 Å². The molecule has 2 aromatic rings. The lowest BCUT2D eigenvalue weighted by molar-refractivity contribution is 0.249. The molecule has 0 aliphatic carbocycles. The lowest BCUT2D eigenvalue weighted by Gasteiger charge is -2.35. The fourth-order valence-electron chi connectivity index (χ4n) is 3.48. The Bertz CT molecular complexity index is 894. The molecule has 0 N–H and O–H groups in total. The summed E-state index contributed by atoms with van der Waals surface area (Å²) in [6.07, 6.45) is 0.478. The molecule has 8 heteroatoms. The third kappa shape index (κ3) is 4.07. The van der Waals surface area contributed by atoms with E-state index in [0.29, 0.717) is 6.42 Å². The molecule has 0 bridgehead atoms. The molecule has 0 unspecified atom stereocenters. The number of aryl methyl sites for hydroxylation is 1. The van der Waals surface area contributed by atoms with Gasteiger partial charge >= 0.3 is 0 Å². The third-order valence-electron chi connectivity index (χ3n) is 4.99. The van der Waals surface area contributed by atoms with E-state index >= 15 is 0 Å². The van der Waals surface area contributed by atoms with Crippen LogP contribution >= 0.6 is 15.9 Å². The summed E-state index contributed by atoms with van der Waals surface area (Å²) in [5, 5.41) is 8.62. The minimum atomic E-state index is -2.99. The number of halogens is 1. The van der Waals surface area contributed by atoms with Crippen molar-refractivity contribution in [3.63, 3.8) is 0 Å². The smallest absolute Gasteiger partial charge is 0.154 e. The average Bonchev–Trinajstić information content (AvgIpc) is 2.63. The Hall–Kier alpha value is -1.51. The van der Waals surface area contributed by atoms with Gasteiger partial charge in [0.15, 0.2) is 15.7 Å². The lowest BCUT2D eigenvalue weighted by atomic mass is 10.1. The fraction of sp³-hybridized carbons (Fsp3) is 0.444. The molecule has 138 valence electrons. The molecule has 26 heavy (non-hydrogen) atoms. The SMILES string of the molecule is O=S1(=O)CCc2nnc(N3CCN(Cc4ccc(Br)cc4)CC3)cc2C1. The Labute approximate surface area is 162 Å². The number of fused-ring (bicyclic) bond motifs is 1. The predicted molar refractivity (Wildman–Crippen MR) is 105 cm³/mol. The summed E-state index contributed by atoms with van der Waals surface area (Å²) in [5.74, 6) is 1.07. The summed E-state index contributed by atoms with van der Waals surface area (Å²) >= 11 is 3.47. The molecular weight excluding hydrogens is 416 g/mol. The number of aromatic nitrogens is 2. The zero-order valence-corrected chi connectivity index (χ0v) is 16.8. The van der Waals surface area contributed by atoms with E-state index in [0.717, 1.165) is 54.3 Å². The van der Waals surface area contributed by atoms with Gasteiger partial charge in [0, 0.05) is 43.6 Å². The molecule has 0 spiro atoms. The first-order valence-corrected chi connectivity index (χ1v) is 11.4. The van der Waals surface area contributed by atoms with E-state index in [9.17, 15) is 8.42 Å². The van der Waals surface area contributed by atoms with Gasteiger partial charge < -0.3 is 4.90 Å². The fourth-order valence-corrected chi connectivity index (χ4v) is 5.12. The van der Waals surface area contributed by atoms with Crippen LogP contribution in [0, 0.1) is 0 Å².